The number of aromatic nitrogens is 5. The number of hydrogen-bond acceptors (Lipinski definition) is 9. The molecule has 11 nitrogen and oxygen atoms in total. The Kier molecular flexibility index (Phi) is 6.77. The fraction of sp³-hybridized carbons (Fsp3) is 0.559. The lowest BCUT2D eigenvalue weighted by Gasteiger charge is -2.36. The van der Waals surface area contributed by atoms with Crippen LogP contribution in [0.3, 0.4) is 0 Å². The number of alkyl carbamates (subject to hydrolysis) is 1. The van der Waals surface area contributed by atoms with Crippen LogP contribution in [0.1, 0.15) is 62.0 Å². The second-order valence-electron chi connectivity index (χ2n) is 14.1. The van der Waals surface area contributed by atoms with E-state index in [1.54, 1.807) is 12.4 Å². The molecule has 2 N–H and O–H groups in total. The lowest BCUT2D eigenvalue weighted by molar-refractivity contribution is 0.107. The van der Waals surface area contributed by atoms with E-state index in [0.717, 1.165) is 67.2 Å². The molecule has 3 saturated heterocycles. The number of halogens is 2. The van der Waals surface area contributed by atoms with Crippen molar-refractivity contribution in [3.63, 3.8) is 0 Å². The topological polar surface area (TPSA) is 121 Å². The number of nitrogens with zero attached hydrogens (tertiary/aromatic N) is 6. The fourth-order valence-corrected chi connectivity index (χ4v) is 8.80. The Morgan fingerprint density at radius 2 is 1.98 bits per heavy atom. The number of amides is 1. The van der Waals surface area contributed by atoms with Crippen LogP contribution in [0, 0.1) is 18.7 Å². The van der Waals surface area contributed by atoms with Crippen molar-refractivity contribution in [2.75, 3.05) is 44.3 Å². The number of alkyl halides is 1. The van der Waals surface area contributed by atoms with Crippen LogP contribution in [0.4, 0.5) is 19.4 Å². The number of aromatic amines is 1. The van der Waals surface area contributed by atoms with Gasteiger partial charge >= 0.3 is 12.1 Å². The van der Waals surface area contributed by atoms with Gasteiger partial charge in [0, 0.05) is 30.2 Å². The number of nitrogens with one attached hydrogen (secondary N) is 2. The summed E-state index contributed by atoms with van der Waals surface area (Å²) < 4.78 is 44.3. The van der Waals surface area contributed by atoms with Crippen molar-refractivity contribution in [3.05, 3.63) is 35.4 Å². The van der Waals surface area contributed by atoms with E-state index in [0.29, 0.717) is 36.3 Å². The van der Waals surface area contributed by atoms with Crippen LogP contribution in [-0.4, -0.2) is 93.3 Å². The molecule has 4 atom stereocenters. The van der Waals surface area contributed by atoms with E-state index in [-0.39, 0.29) is 54.2 Å². The van der Waals surface area contributed by atoms with Crippen molar-refractivity contribution in [3.8, 4) is 17.3 Å². The van der Waals surface area contributed by atoms with Crippen LogP contribution in [0.15, 0.2) is 18.5 Å². The predicted molar refractivity (Wildman–Crippen MR) is 171 cm³/mol. The van der Waals surface area contributed by atoms with E-state index in [2.05, 4.69) is 20.4 Å². The molecule has 6 bridgehead atoms. The molecule has 1 amide bonds. The number of pyridine rings is 1. The summed E-state index contributed by atoms with van der Waals surface area (Å²) in [5, 5.41) is 11.3. The summed E-state index contributed by atoms with van der Waals surface area (Å²) in [4.78, 5) is 31.5. The van der Waals surface area contributed by atoms with Gasteiger partial charge in [-0.2, -0.15) is 15.1 Å². The number of benzene rings is 1. The normalized spacial score (nSPS) is 27.0. The van der Waals surface area contributed by atoms with Crippen LogP contribution in [0.25, 0.3) is 33.1 Å². The first-order valence-electron chi connectivity index (χ1n) is 16.9. The average Bonchev–Trinajstić information content (AvgIpc) is 3.34. The zero-order valence-electron chi connectivity index (χ0n) is 26.4. The van der Waals surface area contributed by atoms with Crippen molar-refractivity contribution in [1.29, 1.82) is 0 Å². The third kappa shape index (κ3) is 4.79. The minimum Gasteiger partial charge on any atom is -0.461 e. The van der Waals surface area contributed by atoms with Crippen LogP contribution >= 0.6 is 0 Å². The summed E-state index contributed by atoms with van der Waals surface area (Å²) in [6, 6.07) is 1.31. The molecule has 3 aromatic heterocycles. The van der Waals surface area contributed by atoms with Crippen molar-refractivity contribution >= 4 is 33.7 Å². The maximum atomic E-state index is 17.2. The first-order chi connectivity index (χ1) is 22.9. The van der Waals surface area contributed by atoms with Gasteiger partial charge < -0.3 is 19.7 Å². The third-order valence-electron chi connectivity index (χ3n) is 11.3. The lowest BCUT2D eigenvalue weighted by atomic mass is 9.91. The van der Waals surface area contributed by atoms with Crippen LogP contribution < -0.4 is 15.0 Å². The van der Waals surface area contributed by atoms with Gasteiger partial charge in [-0.15, -0.1) is 0 Å². The molecule has 0 radical (unpaired) electrons. The van der Waals surface area contributed by atoms with E-state index in [1.165, 1.54) is 0 Å². The summed E-state index contributed by atoms with van der Waals surface area (Å²) in [5.74, 6) is 0.250. The van der Waals surface area contributed by atoms with Crippen LogP contribution in [0.5, 0.6) is 6.01 Å². The van der Waals surface area contributed by atoms with Gasteiger partial charge in [-0.1, -0.05) is 0 Å². The standard InChI is InChI=1S/C34H38F2N8O3/c1-18-12-24-21(15-38-42-24)27-26(18)20-13-19(20)5-11-46-33(45)39-25-16-43(10-4-23(25)35)31-22-14-37-30(27)28(36)29(22)40-32(41-31)47-17-34-6-2-8-44(34)9-3-7-34/h12,14-15,19-20,23,25H,2-11,13,16-17H2,1H3,(H,38,42)(H,39,45). The van der Waals surface area contributed by atoms with E-state index in [9.17, 15) is 4.79 Å². The largest absolute Gasteiger partial charge is 0.461 e. The summed E-state index contributed by atoms with van der Waals surface area (Å²) in [6.07, 6.45) is 7.47. The molecule has 4 aromatic rings. The van der Waals surface area contributed by atoms with Gasteiger partial charge in [-0.25, -0.2) is 13.6 Å². The van der Waals surface area contributed by atoms with Gasteiger partial charge in [0.15, 0.2) is 5.82 Å². The summed E-state index contributed by atoms with van der Waals surface area (Å²) in [5.41, 5.74) is 3.80. The Hall–Kier alpha value is -4.13. The van der Waals surface area contributed by atoms with Crippen LogP contribution in [-0.2, 0) is 4.74 Å². The summed E-state index contributed by atoms with van der Waals surface area (Å²) in [6.45, 7) is 5.22. The lowest BCUT2D eigenvalue weighted by Crippen LogP contribution is -2.54. The molecule has 0 spiro atoms. The van der Waals surface area contributed by atoms with E-state index in [1.807, 2.05) is 17.9 Å². The first kappa shape index (κ1) is 29.0. The molecule has 4 unspecified atom stereocenters. The third-order valence-corrected chi connectivity index (χ3v) is 11.3. The zero-order chi connectivity index (χ0) is 31.9. The molecule has 1 aliphatic carbocycles. The quantitative estimate of drug-likeness (QED) is 0.311. The number of H-pyrrole nitrogens is 1. The highest BCUT2D eigenvalue weighted by Crippen LogP contribution is 2.54. The molecule has 10 rings (SSSR count). The highest BCUT2D eigenvalue weighted by atomic mass is 19.1. The highest BCUT2D eigenvalue weighted by molar-refractivity contribution is 6.00. The maximum Gasteiger partial charge on any atom is 0.407 e. The Balaban J connectivity index is 1.22. The molecule has 1 aromatic carbocycles. The van der Waals surface area contributed by atoms with Crippen molar-refractivity contribution in [2.45, 2.75) is 75.5 Å². The zero-order valence-corrected chi connectivity index (χ0v) is 26.4. The van der Waals surface area contributed by atoms with Gasteiger partial charge in [0.1, 0.15) is 29.8 Å². The minimum atomic E-state index is -1.26. The van der Waals surface area contributed by atoms with Gasteiger partial charge in [0.25, 0.3) is 0 Å². The van der Waals surface area contributed by atoms with Crippen LogP contribution in [0.2, 0.25) is 0 Å². The number of piperidine rings is 1. The average molecular weight is 645 g/mol. The fourth-order valence-electron chi connectivity index (χ4n) is 8.80. The number of ether oxygens (including phenoxy) is 2. The van der Waals surface area contributed by atoms with Crippen molar-refractivity contribution in [2.24, 2.45) is 5.92 Å². The number of carbonyl (C=O) groups is 1. The van der Waals surface area contributed by atoms with Crippen molar-refractivity contribution < 1.29 is 23.0 Å². The summed E-state index contributed by atoms with van der Waals surface area (Å²) >= 11 is 0. The number of aryl methyl sites for hydroxylation is 1. The summed E-state index contributed by atoms with van der Waals surface area (Å²) in [7, 11) is 0. The number of anilines is 1. The highest BCUT2D eigenvalue weighted by Gasteiger charge is 2.45. The molecule has 8 heterocycles. The van der Waals surface area contributed by atoms with Crippen molar-refractivity contribution in [1.82, 2.24) is 35.4 Å². The molecule has 47 heavy (non-hydrogen) atoms. The minimum absolute atomic E-state index is 0.0567. The molecule has 246 valence electrons. The molecule has 1 saturated carbocycles. The van der Waals surface area contributed by atoms with Gasteiger partial charge in [-0.05, 0) is 94.0 Å². The number of carbonyl (C=O) groups excluding carboxylic acids is 1. The molecular weight excluding hydrogens is 606 g/mol. The maximum absolute atomic E-state index is 17.2. The number of fused-ring (bicyclic) bond motifs is 7. The Labute approximate surface area is 270 Å². The number of hydrogen-bond donors (Lipinski definition) is 2. The molecule has 6 aliphatic rings. The second kappa shape index (κ2) is 11.0. The Morgan fingerprint density at radius 3 is 2.83 bits per heavy atom. The monoisotopic (exact) mass is 644 g/mol. The molecule has 4 fully saturated rings. The van der Waals surface area contributed by atoms with E-state index >= 15 is 8.78 Å². The van der Waals surface area contributed by atoms with Gasteiger partial charge in [0.05, 0.1) is 35.3 Å². The molecule has 5 aliphatic heterocycles. The number of rotatable bonds is 3. The SMILES string of the molecule is Cc1cc2[nH]ncc2c2c1C1CC1CCOC(=O)NC1CN(CCC1F)c1nc(OCC34CCCN3CCC4)nc3c(F)c-2ncc13. The van der Waals surface area contributed by atoms with E-state index < -0.39 is 24.1 Å². The Bertz CT molecular complexity index is 1890. The smallest absolute Gasteiger partial charge is 0.407 e. The molecular formula is C34H38F2N8O3. The second-order valence-corrected chi connectivity index (χ2v) is 14.1. The van der Waals surface area contributed by atoms with Gasteiger partial charge in [-0.3, -0.25) is 15.0 Å². The van der Waals surface area contributed by atoms with E-state index in [4.69, 9.17) is 24.4 Å². The van der Waals surface area contributed by atoms with Gasteiger partial charge in [0.2, 0.25) is 0 Å². The molecule has 13 heteroatoms. The first-order valence-corrected chi connectivity index (χ1v) is 16.9. The Morgan fingerprint density at radius 1 is 1.13 bits per heavy atom. The predicted octanol–water partition coefficient (Wildman–Crippen LogP) is 5.17.